The van der Waals surface area contributed by atoms with Crippen LogP contribution in [0.15, 0.2) is 91.0 Å². The van der Waals surface area contributed by atoms with E-state index in [1.165, 1.54) is 12.1 Å². The molecule has 9 heteroatoms. The van der Waals surface area contributed by atoms with Gasteiger partial charge in [0.2, 0.25) is 0 Å². The zero-order valence-corrected chi connectivity index (χ0v) is 27.9. The lowest BCUT2D eigenvalue weighted by atomic mass is 10.00. The largest absolute Gasteiger partial charge is 0.493 e. The monoisotopic (exact) mass is 642 g/mol. The van der Waals surface area contributed by atoms with Gasteiger partial charge in [0.1, 0.15) is 17.3 Å². The Hall–Kier alpha value is -4.89. The van der Waals surface area contributed by atoms with E-state index < -0.39 is 5.82 Å². The van der Waals surface area contributed by atoms with Gasteiger partial charge in [0.15, 0.2) is 11.5 Å². The van der Waals surface area contributed by atoms with Crippen LogP contribution in [0.4, 0.5) is 20.4 Å². The number of benzene rings is 3. The SMILES string of the molecule is CCC(CCO)CN(/C=C(\C)c1ccc(C)cc1)/C=C(\C)N(F)c1ccc(-c2cc(-c3ccc(OC)c(OC)c3)cnc2N)cc1F. The number of aliphatic hydroxyl groups is 1. The molecule has 3 aromatic carbocycles. The summed E-state index contributed by atoms with van der Waals surface area (Å²) in [7, 11) is 3.12. The van der Waals surface area contributed by atoms with Gasteiger partial charge < -0.3 is 25.2 Å². The molecule has 7 nitrogen and oxygen atoms in total. The standard InChI is InChI=1S/C38H44F2N4O3/c1-7-28(16-17-45)24-43(22-26(3)29-10-8-25(2)9-11-29)23-27(4)44(40)35-14-12-31(19-34(35)39)33-18-32(21-42-38(33)41)30-13-15-36(46-5)37(20-30)47-6/h8-15,18-23,28,45H,7,16-17,24H2,1-6H3,(H2,41,42)/b26-22+,27-23+. The van der Waals surface area contributed by atoms with Gasteiger partial charge in [-0.3, -0.25) is 0 Å². The van der Waals surface area contributed by atoms with E-state index in [2.05, 4.69) is 11.9 Å². The van der Waals surface area contributed by atoms with Gasteiger partial charge in [0.05, 0.1) is 19.9 Å². The van der Waals surface area contributed by atoms with Gasteiger partial charge in [-0.1, -0.05) is 59.8 Å². The number of nitrogen functional groups attached to an aromatic ring is 1. The topological polar surface area (TPSA) is 84.1 Å². The average molecular weight is 643 g/mol. The van der Waals surface area contributed by atoms with Gasteiger partial charge in [-0.15, -0.1) is 0 Å². The molecular formula is C38H44F2N4O3. The second-order valence-electron chi connectivity index (χ2n) is 11.6. The summed E-state index contributed by atoms with van der Waals surface area (Å²) in [6, 6.07) is 19.8. The first-order valence-electron chi connectivity index (χ1n) is 15.6. The summed E-state index contributed by atoms with van der Waals surface area (Å²) in [4.78, 5) is 6.25. The Morgan fingerprint density at radius 1 is 0.936 bits per heavy atom. The van der Waals surface area contributed by atoms with Gasteiger partial charge in [-0.25, -0.2) is 9.37 Å². The van der Waals surface area contributed by atoms with Crippen molar-refractivity contribution in [1.29, 1.82) is 0 Å². The minimum Gasteiger partial charge on any atom is -0.493 e. The lowest BCUT2D eigenvalue weighted by Crippen LogP contribution is -2.23. The van der Waals surface area contributed by atoms with Crippen LogP contribution in [0.5, 0.6) is 11.5 Å². The van der Waals surface area contributed by atoms with Crippen molar-refractivity contribution >= 4 is 17.1 Å². The van der Waals surface area contributed by atoms with Gasteiger partial charge >= 0.3 is 0 Å². The number of hydrogen-bond donors (Lipinski definition) is 2. The predicted octanol–water partition coefficient (Wildman–Crippen LogP) is 8.79. The zero-order chi connectivity index (χ0) is 34.1. The Bertz CT molecular complexity index is 1720. The van der Waals surface area contributed by atoms with Crippen LogP contribution in [-0.4, -0.2) is 42.4 Å². The van der Waals surface area contributed by atoms with Crippen molar-refractivity contribution in [2.75, 3.05) is 38.2 Å². The number of rotatable bonds is 14. The van der Waals surface area contributed by atoms with E-state index in [0.29, 0.717) is 40.7 Å². The molecule has 0 fully saturated rings. The van der Waals surface area contributed by atoms with E-state index in [9.17, 15) is 5.11 Å². The van der Waals surface area contributed by atoms with Crippen LogP contribution in [0.25, 0.3) is 27.8 Å². The van der Waals surface area contributed by atoms with Crippen molar-refractivity contribution < 1.29 is 23.5 Å². The highest BCUT2D eigenvalue weighted by Gasteiger charge is 2.18. The second-order valence-corrected chi connectivity index (χ2v) is 11.6. The molecule has 0 saturated heterocycles. The van der Waals surface area contributed by atoms with Crippen LogP contribution < -0.4 is 20.3 Å². The van der Waals surface area contributed by atoms with Crippen molar-refractivity contribution in [1.82, 2.24) is 9.88 Å². The predicted molar refractivity (Wildman–Crippen MR) is 187 cm³/mol. The van der Waals surface area contributed by atoms with E-state index >= 15 is 8.87 Å². The van der Waals surface area contributed by atoms with Crippen LogP contribution >= 0.6 is 0 Å². The molecule has 0 aliphatic carbocycles. The molecule has 1 unspecified atom stereocenters. The first-order chi connectivity index (χ1) is 22.6. The lowest BCUT2D eigenvalue weighted by Gasteiger charge is -2.25. The van der Waals surface area contributed by atoms with Crippen LogP contribution in [0.2, 0.25) is 0 Å². The highest BCUT2D eigenvalue weighted by atomic mass is 19.2. The summed E-state index contributed by atoms with van der Waals surface area (Å²) in [5, 5.41) is 9.91. The highest BCUT2D eigenvalue weighted by Crippen LogP contribution is 2.36. The molecule has 1 heterocycles. The number of allylic oxidation sites excluding steroid dienone is 2. The number of hydrogen-bond acceptors (Lipinski definition) is 7. The van der Waals surface area contributed by atoms with E-state index in [1.807, 2.05) is 67.4 Å². The van der Waals surface area contributed by atoms with E-state index in [4.69, 9.17) is 15.2 Å². The summed E-state index contributed by atoms with van der Waals surface area (Å²) in [6.07, 6.45) is 6.73. The second kappa shape index (κ2) is 16.1. The Kier molecular flexibility index (Phi) is 12.0. The molecule has 4 aromatic rings. The first-order valence-corrected chi connectivity index (χ1v) is 15.6. The van der Waals surface area contributed by atoms with Crippen molar-refractivity contribution in [3.63, 3.8) is 0 Å². The minimum atomic E-state index is -0.752. The fraction of sp³-hybridized carbons (Fsp3) is 0.289. The molecule has 1 atom stereocenters. The third-order valence-electron chi connectivity index (χ3n) is 8.22. The number of aryl methyl sites for hydroxylation is 1. The number of nitrogens with two attached hydrogens (primary N) is 1. The Morgan fingerprint density at radius 3 is 2.28 bits per heavy atom. The first kappa shape index (κ1) is 35.0. The molecular weight excluding hydrogens is 598 g/mol. The number of anilines is 2. The minimum absolute atomic E-state index is 0.0692. The van der Waals surface area contributed by atoms with Crippen molar-refractivity contribution in [2.45, 2.75) is 40.5 Å². The van der Waals surface area contributed by atoms with Crippen LogP contribution in [0, 0.1) is 18.7 Å². The molecule has 0 amide bonds. The maximum Gasteiger partial charge on any atom is 0.161 e. The summed E-state index contributed by atoms with van der Waals surface area (Å²) in [6.45, 7) is 8.33. The summed E-state index contributed by atoms with van der Waals surface area (Å²) in [5.74, 6) is 0.799. The van der Waals surface area contributed by atoms with Gasteiger partial charge in [-0.2, -0.15) is 5.12 Å². The summed E-state index contributed by atoms with van der Waals surface area (Å²) >= 11 is 0. The fourth-order valence-corrected chi connectivity index (χ4v) is 5.38. The number of methoxy groups -OCH3 is 2. The average Bonchev–Trinajstić information content (AvgIpc) is 3.07. The molecule has 0 aliphatic heterocycles. The molecule has 47 heavy (non-hydrogen) atoms. The quantitative estimate of drug-likeness (QED) is 0.133. The molecule has 3 N–H and O–H groups in total. The molecule has 0 bridgehead atoms. The van der Waals surface area contributed by atoms with Crippen LogP contribution in [0.1, 0.15) is 44.7 Å². The number of ether oxygens (including phenoxy) is 2. The number of aromatic nitrogens is 1. The van der Waals surface area contributed by atoms with Crippen molar-refractivity contribution in [3.05, 3.63) is 108 Å². The summed E-state index contributed by atoms with van der Waals surface area (Å²) in [5.41, 5.74) is 11.9. The Labute approximate surface area is 276 Å². The molecule has 0 aliphatic rings. The molecule has 0 saturated carbocycles. The van der Waals surface area contributed by atoms with E-state index in [0.717, 1.165) is 34.2 Å². The van der Waals surface area contributed by atoms with Crippen LogP contribution in [0.3, 0.4) is 0 Å². The molecule has 0 spiro atoms. The number of halogens is 2. The number of aliphatic hydroxyl groups excluding tert-OH is 1. The highest BCUT2D eigenvalue weighted by molar-refractivity contribution is 5.80. The molecule has 4 rings (SSSR count). The molecule has 248 valence electrons. The van der Waals surface area contributed by atoms with Crippen LogP contribution in [-0.2, 0) is 0 Å². The van der Waals surface area contributed by atoms with Crippen molar-refractivity contribution in [3.8, 4) is 33.8 Å². The number of pyridine rings is 1. The van der Waals surface area contributed by atoms with Gasteiger partial charge in [-0.05, 0) is 85.7 Å². The summed E-state index contributed by atoms with van der Waals surface area (Å²) < 4.78 is 42.2. The third-order valence-corrected chi connectivity index (χ3v) is 8.22. The van der Waals surface area contributed by atoms with E-state index in [1.54, 1.807) is 45.7 Å². The van der Waals surface area contributed by atoms with Crippen molar-refractivity contribution in [2.24, 2.45) is 5.92 Å². The number of nitrogens with zero attached hydrogens (tertiary/aromatic N) is 3. The fourth-order valence-electron chi connectivity index (χ4n) is 5.38. The zero-order valence-electron chi connectivity index (χ0n) is 27.9. The van der Waals surface area contributed by atoms with Gasteiger partial charge in [0.25, 0.3) is 0 Å². The molecule has 1 aromatic heterocycles. The Morgan fingerprint density at radius 2 is 1.64 bits per heavy atom. The van der Waals surface area contributed by atoms with Gasteiger partial charge in [0, 0.05) is 42.9 Å². The lowest BCUT2D eigenvalue weighted by molar-refractivity contribution is 0.238. The Balaban J connectivity index is 1.63. The van der Waals surface area contributed by atoms with E-state index in [-0.39, 0.29) is 29.7 Å². The maximum atomic E-state index is 15.8. The normalized spacial score (nSPS) is 12.5. The maximum absolute atomic E-state index is 15.8. The third kappa shape index (κ3) is 8.68. The molecule has 0 radical (unpaired) electrons. The smallest absolute Gasteiger partial charge is 0.161 e.